The highest BCUT2D eigenvalue weighted by Crippen LogP contribution is 2.58. The van der Waals surface area contributed by atoms with Crippen LogP contribution in [0.3, 0.4) is 0 Å². The lowest BCUT2D eigenvalue weighted by molar-refractivity contribution is 0.605. The Balaban J connectivity index is 1.83. The zero-order valence-corrected chi connectivity index (χ0v) is 11.6. The summed E-state index contributed by atoms with van der Waals surface area (Å²) >= 11 is 6.17. The molecule has 2 aliphatic carbocycles. The minimum atomic E-state index is -0.352. The van der Waals surface area contributed by atoms with Gasteiger partial charge in [0.15, 0.2) is 5.82 Å². The number of hydrogen-bond acceptors (Lipinski definition) is 2. The van der Waals surface area contributed by atoms with E-state index in [9.17, 15) is 4.39 Å². The van der Waals surface area contributed by atoms with E-state index >= 15 is 0 Å². The lowest BCUT2D eigenvalue weighted by Gasteiger charge is -2.14. The molecule has 2 atom stereocenters. The van der Waals surface area contributed by atoms with Crippen molar-refractivity contribution in [2.45, 2.75) is 25.2 Å². The molecule has 3 nitrogen and oxygen atoms in total. The van der Waals surface area contributed by atoms with Crippen molar-refractivity contribution in [1.29, 1.82) is 0 Å². The summed E-state index contributed by atoms with van der Waals surface area (Å²) in [6, 6.07) is 4.69. The number of H-pyrrole nitrogens is 1. The normalized spacial score (nSPS) is 27.6. The van der Waals surface area contributed by atoms with Crippen molar-refractivity contribution < 1.29 is 4.39 Å². The summed E-state index contributed by atoms with van der Waals surface area (Å²) in [5.41, 5.74) is 7.93. The lowest BCUT2D eigenvalue weighted by atomic mass is 9.93. The Kier molecular flexibility index (Phi) is 2.58. The fourth-order valence-corrected chi connectivity index (χ4v) is 3.87. The van der Waals surface area contributed by atoms with Crippen LogP contribution in [0.5, 0.6) is 0 Å². The van der Waals surface area contributed by atoms with Crippen molar-refractivity contribution >= 4 is 17.4 Å². The van der Waals surface area contributed by atoms with E-state index < -0.39 is 0 Å². The monoisotopic (exact) mass is 291 g/mol. The lowest BCUT2D eigenvalue weighted by Crippen LogP contribution is -2.00. The number of nitrogens with zero attached hydrogens (tertiary/aromatic N) is 1. The quantitative estimate of drug-likeness (QED) is 0.880. The first-order chi connectivity index (χ1) is 9.65. The van der Waals surface area contributed by atoms with Gasteiger partial charge in [-0.25, -0.2) is 4.39 Å². The molecular weight excluding hydrogens is 277 g/mol. The molecule has 1 aromatic carbocycles. The van der Waals surface area contributed by atoms with Crippen molar-refractivity contribution in [3.05, 3.63) is 34.7 Å². The van der Waals surface area contributed by atoms with E-state index in [0.29, 0.717) is 27.9 Å². The van der Waals surface area contributed by atoms with Gasteiger partial charge in [0.25, 0.3) is 0 Å². The molecule has 2 aliphatic rings. The maximum Gasteiger partial charge on any atom is 0.153 e. The van der Waals surface area contributed by atoms with Crippen molar-refractivity contribution in [1.82, 2.24) is 10.2 Å². The van der Waals surface area contributed by atoms with E-state index in [1.807, 2.05) is 0 Å². The third-order valence-corrected chi connectivity index (χ3v) is 5.00. The number of nitrogens with one attached hydrogen (secondary N) is 1. The smallest absolute Gasteiger partial charge is 0.153 e. The molecule has 5 heteroatoms. The van der Waals surface area contributed by atoms with Crippen LogP contribution in [-0.4, -0.2) is 10.2 Å². The van der Waals surface area contributed by atoms with Crippen LogP contribution in [0.15, 0.2) is 18.2 Å². The molecule has 0 amide bonds. The van der Waals surface area contributed by atoms with Gasteiger partial charge in [-0.3, -0.25) is 5.10 Å². The van der Waals surface area contributed by atoms with Crippen LogP contribution in [0.25, 0.3) is 11.1 Å². The van der Waals surface area contributed by atoms with Crippen LogP contribution in [-0.2, 0) is 0 Å². The Morgan fingerprint density at radius 1 is 1.20 bits per heavy atom. The summed E-state index contributed by atoms with van der Waals surface area (Å²) in [7, 11) is 0. The number of nitrogens with two attached hydrogens (primary N) is 1. The topological polar surface area (TPSA) is 54.7 Å². The van der Waals surface area contributed by atoms with Gasteiger partial charge in [-0.15, -0.1) is 0 Å². The predicted molar refractivity (Wildman–Crippen MR) is 77.0 cm³/mol. The van der Waals surface area contributed by atoms with Crippen molar-refractivity contribution in [3.8, 4) is 11.1 Å². The van der Waals surface area contributed by atoms with Gasteiger partial charge < -0.3 is 5.73 Å². The van der Waals surface area contributed by atoms with Crippen LogP contribution >= 0.6 is 11.6 Å². The summed E-state index contributed by atoms with van der Waals surface area (Å²) in [6.45, 7) is 0. The number of aromatic amines is 1. The summed E-state index contributed by atoms with van der Waals surface area (Å²) in [4.78, 5) is 0. The van der Waals surface area contributed by atoms with Crippen LogP contribution in [0.2, 0.25) is 5.02 Å². The van der Waals surface area contributed by atoms with Crippen LogP contribution in [0.4, 0.5) is 10.2 Å². The van der Waals surface area contributed by atoms with Gasteiger partial charge in [0.05, 0.1) is 10.6 Å². The fraction of sp³-hybridized carbons (Fsp3) is 0.400. The predicted octanol–water partition coefficient (Wildman–Crippen LogP) is 3.96. The van der Waals surface area contributed by atoms with Crippen molar-refractivity contribution in [3.63, 3.8) is 0 Å². The molecule has 1 heterocycles. The van der Waals surface area contributed by atoms with Gasteiger partial charge in [-0.2, -0.15) is 5.10 Å². The van der Waals surface area contributed by atoms with E-state index in [2.05, 4.69) is 10.2 Å². The molecule has 2 saturated carbocycles. The largest absolute Gasteiger partial charge is 0.382 e. The number of hydrogen-bond donors (Lipinski definition) is 2. The Morgan fingerprint density at radius 2 is 1.95 bits per heavy atom. The molecule has 0 radical (unpaired) electrons. The molecule has 0 spiro atoms. The summed E-state index contributed by atoms with van der Waals surface area (Å²) in [5.74, 6) is 2.05. The molecule has 3 N–H and O–H groups in total. The van der Waals surface area contributed by atoms with Gasteiger partial charge in [0.1, 0.15) is 5.82 Å². The van der Waals surface area contributed by atoms with Gasteiger partial charge in [0.2, 0.25) is 0 Å². The van der Waals surface area contributed by atoms with Gasteiger partial charge in [-0.05, 0) is 43.2 Å². The molecule has 20 heavy (non-hydrogen) atoms. The highest BCUT2D eigenvalue weighted by Gasteiger charge is 2.47. The first-order valence-corrected chi connectivity index (χ1v) is 7.31. The Morgan fingerprint density at radius 3 is 2.65 bits per heavy atom. The molecular formula is C15H15ClFN3. The van der Waals surface area contributed by atoms with Gasteiger partial charge in [-0.1, -0.05) is 17.7 Å². The second-order valence-corrected chi connectivity index (χ2v) is 6.33. The molecule has 2 unspecified atom stereocenters. The van der Waals surface area contributed by atoms with Gasteiger partial charge >= 0.3 is 0 Å². The second-order valence-electron chi connectivity index (χ2n) is 5.92. The average Bonchev–Trinajstić information content (AvgIpc) is 2.84. The van der Waals surface area contributed by atoms with Crippen LogP contribution in [0.1, 0.15) is 30.9 Å². The number of nitrogen functional groups attached to an aromatic ring is 1. The first kappa shape index (κ1) is 12.2. The second kappa shape index (κ2) is 4.22. The molecule has 2 fully saturated rings. The summed E-state index contributed by atoms with van der Waals surface area (Å²) in [6.07, 6.45) is 3.63. The van der Waals surface area contributed by atoms with Gasteiger partial charge in [0, 0.05) is 17.2 Å². The standard InChI is InChI=1S/C15H15ClFN3/c16-10-2-1-3-11(17)12(10)13-14(19-20-15(13)18)9-5-7-4-8(7)6-9/h1-3,7-9H,4-6H2,(H3,18,19,20). The zero-order valence-electron chi connectivity index (χ0n) is 10.9. The van der Waals surface area contributed by atoms with Crippen LogP contribution < -0.4 is 5.73 Å². The van der Waals surface area contributed by atoms with Crippen molar-refractivity contribution in [2.75, 3.05) is 5.73 Å². The number of anilines is 1. The highest BCUT2D eigenvalue weighted by molar-refractivity contribution is 6.33. The minimum absolute atomic E-state index is 0.326. The van der Waals surface area contributed by atoms with Crippen LogP contribution in [0, 0.1) is 17.7 Å². The molecule has 4 rings (SSSR count). The summed E-state index contributed by atoms with van der Waals surface area (Å²) in [5, 5.41) is 7.47. The summed E-state index contributed by atoms with van der Waals surface area (Å²) < 4.78 is 14.2. The zero-order chi connectivity index (χ0) is 13.9. The average molecular weight is 292 g/mol. The number of benzene rings is 1. The fourth-order valence-electron chi connectivity index (χ4n) is 3.62. The molecule has 0 bridgehead atoms. The molecule has 104 valence electrons. The Hall–Kier alpha value is -1.55. The van der Waals surface area contributed by atoms with E-state index in [1.54, 1.807) is 12.1 Å². The Labute approximate surface area is 121 Å². The minimum Gasteiger partial charge on any atom is -0.382 e. The maximum absolute atomic E-state index is 14.2. The number of aromatic nitrogens is 2. The van der Waals surface area contributed by atoms with E-state index in [-0.39, 0.29) is 5.82 Å². The number of fused-ring (bicyclic) bond motifs is 1. The maximum atomic E-state index is 14.2. The first-order valence-electron chi connectivity index (χ1n) is 6.93. The molecule has 1 aromatic heterocycles. The SMILES string of the molecule is Nc1n[nH]c(C2CC3CC3C2)c1-c1c(F)cccc1Cl. The molecule has 2 aromatic rings. The number of rotatable bonds is 2. The van der Waals surface area contributed by atoms with E-state index in [0.717, 1.165) is 30.4 Å². The Bertz CT molecular complexity index is 652. The molecule has 0 aliphatic heterocycles. The van der Waals surface area contributed by atoms with Crippen molar-refractivity contribution in [2.24, 2.45) is 11.8 Å². The highest BCUT2D eigenvalue weighted by atomic mass is 35.5. The third-order valence-electron chi connectivity index (χ3n) is 4.69. The molecule has 0 saturated heterocycles. The van der Waals surface area contributed by atoms with E-state index in [1.165, 1.54) is 12.5 Å². The van der Waals surface area contributed by atoms with E-state index in [4.69, 9.17) is 17.3 Å². The third kappa shape index (κ3) is 1.74. The number of halogens is 2.